The van der Waals surface area contributed by atoms with Crippen molar-refractivity contribution in [3.8, 4) is 5.75 Å². The van der Waals surface area contributed by atoms with Crippen molar-refractivity contribution in [3.05, 3.63) is 90.0 Å². The summed E-state index contributed by atoms with van der Waals surface area (Å²) in [6.45, 7) is 5.13. The number of thiocarbonyl (C=S) groups is 1. The van der Waals surface area contributed by atoms with E-state index >= 15 is 0 Å². The van der Waals surface area contributed by atoms with Gasteiger partial charge in [-0.05, 0) is 66.3 Å². The molecule has 35 heavy (non-hydrogen) atoms. The molecule has 1 aliphatic rings. The lowest BCUT2D eigenvalue weighted by molar-refractivity contribution is -0.129. The molecule has 2 amide bonds. The zero-order chi connectivity index (χ0) is 24.6. The van der Waals surface area contributed by atoms with Crippen molar-refractivity contribution in [2.24, 2.45) is 0 Å². The van der Waals surface area contributed by atoms with Crippen LogP contribution < -0.4 is 20.3 Å². The number of anilines is 2. The molecule has 3 aromatic carbocycles. The Bertz CT molecular complexity index is 1160. The third-order valence-corrected chi connectivity index (χ3v) is 6.01. The quantitative estimate of drug-likeness (QED) is 0.510. The summed E-state index contributed by atoms with van der Waals surface area (Å²) in [4.78, 5) is 28.2. The zero-order valence-corrected chi connectivity index (χ0v) is 20.4. The van der Waals surface area contributed by atoms with Crippen LogP contribution in [0.15, 0.2) is 78.9 Å². The Labute approximate surface area is 210 Å². The molecule has 0 unspecified atom stereocenters. The molecule has 180 valence electrons. The highest BCUT2D eigenvalue weighted by atomic mass is 32.1. The molecule has 4 rings (SSSR count). The van der Waals surface area contributed by atoms with Crippen molar-refractivity contribution in [1.82, 2.24) is 10.2 Å². The van der Waals surface area contributed by atoms with Gasteiger partial charge in [-0.1, -0.05) is 30.3 Å². The molecule has 8 heteroatoms. The Morgan fingerprint density at radius 3 is 2.17 bits per heavy atom. The molecule has 1 saturated heterocycles. The van der Waals surface area contributed by atoms with E-state index in [4.69, 9.17) is 17.0 Å². The van der Waals surface area contributed by atoms with Crippen molar-refractivity contribution >= 4 is 40.5 Å². The van der Waals surface area contributed by atoms with Gasteiger partial charge in [-0.25, -0.2) is 0 Å². The highest BCUT2D eigenvalue weighted by molar-refractivity contribution is 7.80. The van der Waals surface area contributed by atoms with Gasteiger partial charge < -0.3 is 19.9 Å². The lowest BCUT2D eigenvalue weighted by Gasteiger charge is -2.35. The van der Waals surface area contributed by atoms with Crippen LogP contribution in [0.2, 0.25) is 0 Å². The number of carbonyl (C=O) groups is 2. The van der Waals surface area contributed by atoms with E-state index in [0.717, 1.165) is 43.1 Å². The highest BCUT2D eigenvalue weighted by Crippen LogP contribution is 2.20. The van der Waals surface area contributed by atoms with Crippen molar-refractivity contribution in [2.75, 3.05) is 36.4 Å². The molecule has 0 aromatic heterocycles. The predicted molar refractivity (Wildman–Crippen MR) is 142 cm³/mol. The first kappa shape index (κ1) is 24.2. The molecule has 0 aliphatic carbocycles. The minimum atomic E-state index is -0.294. The van der Waals surface area contributed by atoms with Gasteiger partial charge in [0.25, 0.3) is 5.91 Å². The second-order valence-electron chi connectivity index (χ2n) is 8.25. The summed E-state index contributed by atoms with van der Waals surface area (Å²) in [6, 6.07) is 24.7. The van der Waals surface area contributed by atoms with Crippen molar-refractivity contribution < 1.29 is 14.3 Å². The normalized spacial score (nSPS) is 13.2. The van der Waals surface area contributed by atoms with Gasteiger partial charge in [-0.2, -0.15) is 0 Å². The number of nitrogens with zero attached hydrogens (tertiary/aromatic N) is 2. The van der Waals surface area contributed by atoms with E-state index in [1.807, 2.05) is 59.5 Å². The Balaban J connectivity index is 1.24. The number of benzene rings is 3. The molecule has 0 atom stereocenters. The molecular formula is C27H28N4O3S. The molecule has 3 aromatic rings. The summed E-state index contributed by atoms with van der Waals surface area (Å²) >= 11 is 5.31. The summed E-state index contributed by atoms with van der Waals surface area (Å²) in [5.41, 5.74) is 3.44. The SMILES string of the molecule is CC(=O)N1CCN(c2ccc(NC(=S)NC(=O)c3ccc(OCc4ccccc4)cc3)cc2)CC1. The van der Waals surface area contributed by atoms with Crippen LogP contribution in [-0.2, 0) is 11.4 Å². The standard InChI is InChI=1S/C27H28N4O3S/c1-20(32)30-15-17-31(18-16-30)24-11-9-23(10-12-24)28-27(35)29-26(33)22-7-13-25(14-8-22)34-19-21-5-3-2-4-6-21/h2-14H,15-19H2,1H3,(H2,28,29,33,35). The summed E-state index contributed by atoms with van der Waals surface area (Å²) in [5, 5.41) is 5.98. The van der Waals surface area contributed by atoms with Crippen LogP contribution in [0.3, 0.4) is 0 Å². The maximum atomic E-state index is 12.6. The van der Waals surface area contributed by atoms with Crippen molar-refractivity contribution in [3.63, 3.8) is 0 Å². The lowest BCUT2D eigenvalue weighted by atomic mass is 10.2. The molecular weight excluding hydrogens is 460 g/mol. The van der Waals surface area contributed by atoms with E-state index in [9.17, 15) is 9.59 Å². The summed E-state index contributed by atoms with van der Waals surface area (Å²) in [6.07, 6.45) is 0. The number of hydrogen-bond acceptors (Lipinski definition) is 5. The monoisotopic (exact) mass is 488 g/mol. The largest absolute Gasteiger partial charge is 0.489 e. The van der Waals surface area contributed by atoms with Crippen LogP contribution in [-0.4, -0.2) is 48.0 Å². The molecule has 2 N–H and O–H groups in total. The van der Waals surface area contributed by atoms with Gasteiger partial charge in [0.1, 0.15) is 12.4 Å². The van der Waals surface area contributed by atoms with Crippen LogP contribution in [0, 0.1) is 0 Å². The van der Waals surface area contributed by atoms with Gasteiger partial charge in [-0.15, -0.1) is 0 Å². The number of amides is 2. The van der Waals surface area contributed by atoms with E-state index < -0.39 is 0 Å². The van der Waals surface area contributed by atoms with Crippen LogP contribution in [0.25, 0.3) is 0 Å². The predicted octanol–water partition coefficient (Wildman–Crippen LogP) is 4.06. The Morgan fingerprint density at radius 2 is 1.54 bits per heavy atom. The fourth-order valence-electron chi connectivity index (χ4n) is 3.82. The molecule has 7 nitrogen and oxygen atoms in total. The zero-order valence-electron chi connectivity index (χ0n) is 19.6. The van der Waals surface area contributed by atoms with Crippen LogP contribution in [0.1, 0.15) is 22.8 Å². The van der Waals surface area contributed by atoms with Crippen molar-refractivity contribution in [1.29, 1.82) is 0 Å². The third-order valence-electron chi connectivity index (χ3n) is 5.81. The van der Waals surface area contributed by atoms with Crippen molar-refractivity contribution in [2.45, 2.75) is 13.5 Å². The Morgan fingerprint density at radius 1 is 0.886 bits per heavy atom. The van der Waals surface area contributed by atoms with Gasteiger partial charge in [0, 0.05) is 50.0 Å². The summed E-state index contributed by atoms with van der Waals surface area (Å²) < 4.78 is 5.77. The van der Waals surface area contributed by atoms with Gasteiger partial charge >= 0.3 is 0 Å². The van der Waals surface area contributed by atoms with Crippen LogP contribution >= 0.6 is 12.2 Å². The highest BCUT2D eigenvalue weighted by Gasteiger charge is 2.18. The second-order valence-corrected chi connectivity index (χ2v) is 8.66. The van der Waals surface area contributed by atoms with Crippen LogP contribution in [0.4, 0.5) is 11.4 Å². The average molecular weight is 489 g/mol. The molecule has 0 radical (unpaired) electrons. The Kier molecular flexibility index (Phi) is 7.95. The molecule has 0 bridgehead atoms. The van der Waals surface area contributed by atoms with E-state index in [2.05, 4.69) is 15.5 Å². The smallest absolute Gasteiger partial charge is 0.257 e. The lowest BCUT2D eigenvalue weighted by Crippen LogP contribution is -2.48. The first-order valence-corrected chi connectivity index (χ1v) is 11.9. The van der Waals surface area contributed by atoms with E-state index in [1.54, 1.807) is 31.2 Å². The maximum absolute atomic E-state index is 12.6. The number of ether oxygens (including phenoxy) is 1. The molecule has 0 saturated carbocycles. The fraction of sp³-hybridized carbons (Fsp3) is 0.222. The van der Waals surface area contributed by atoms with Gasteiger partial charge in [0.2, 0.25) is 5.91 Å². The minimum absolute atomic E-state index is 0.118. The second kappa shape index (κ2) is 11.5. The van der Waals surface area contributed by atoms with Gasteiger partial charge in [-0.3, -0.25) is 14.9 Å². The third kappa shape index (κ3) is 6.80. The first-order valence-electron chi connectivity index (χ1n) is 11.5. The summed E-state index contributed by atoms with van der Waals surface area (Å²) in [5.74, 6) is 0.512. The molecule has 1 heterocycles. The van der Waals surface area contributed by atoms with E-state index in [0.29, 0.717) is 17.9 Å². The van der Waals surface area contributed by atoms with Gasteiger partial charge in [0.15, 0.2) is 5.11 Å². The average Bonchev–Trinajstić information content (AvgIpc) is 2.89. The maximum Gasteiger partial charge on any atom is 0.257 e. The fourth-order valence-corrected chi connectivity index (χ4v) is 4.03. The number of hydrogen-bond donors (Lipinski definition) is 2. The minimum Gasteiger partial charge on any atom is -0.489 e. The van der Waals surface area contributed by atoms with Crippen LogP contribution in [0.5, 0.6) is 5.75 Å². The first-order chi connectivity index (χ1) is 17.0. The topological polar surface area (TPSA) is 73.9 Å². The number of rotatable bonds is 6. The molecule has 0 spiro atoms. The number of nitrogens with one attached hydrogen (secondary N) is 2. The number of piperazine rings is 1. The van der Waals surface area contributed by atoms with E-state index in [-0.39, 0.29) is 16.9 Å². The Hall–Kier alpha value is -3.91. The summed E-state index contributed by atoms with van der Waals surface area (Å²) in [7, 11) is 0. The van der Waals surface area contributed by atoms with E-state index in [1.165, 1.54) is 0 Å². The molecule has 1 aliphatic heterocycles. The van der Waals surface area contributed by atoms with Gasteiger partial charge in [0.05, 0.1) is 0 Å². The molecule has 1 fully saturated rings. The number of carbonyl (C=O) groups excluding carboxylic acids is 2.